The van der Waals surface area contributed by atoms with Crippen LogP contribution < -0.4 is 14.8 Å². The Morgan fingerprint density at radius 1 is 1.17 bits per heavy atom. The van der Waals surface area contributed by atoms with Gasteiger partial charge < -0.3 is 29.6 Å². The van der Waals surface area contributed by atoms with Gasteiger partial charge in [-0.05, 0) is 49.6 Å². The Kier molecular flexibility index (Phi) is 5.53. The number of halogens is 3. The number of nitrogens with one attached hydrogen (secondary N) is 1. The van der Waals surface area contributed by atoms with Gasteiger partial charge in [-0.25, -0.2) is 4.39 Å². The largest absolute Gasteiger partial charge is 0.586 e. The molecule has 0 unspecified atom stereocenters. The van der Waals surface area contributed by atoms with Crippen molar-refractivity contribution in [3.8, 4) is 11.5 Å². The molecule has 36 heavy (non-hydrogen) atoms. The standard InChI is InChI=1S/C26H27F3N2O5/c1-14(33)12-31-19-11-17(27)18(8-15(19)9-22(31)24(2,3)13-32)30-23(34)25(6-7-25)16-4-5-20-21(10-16)36-26(28,29)35-20/h4-5,8-11,14,32-33H,6-7,12-13H2,1-3H3,(H,30,34)/t14-/m0/s1. The zero-order chi connectivity index (χ0) is 26.0. The Morgan fingerprint density at radius 3 is 2.50 bits per heavy atom. The van der Waals surface area contributed by atoms with Gasteiger partial charge in [0.2, 0.25) is 5.91 Å². The number of aliphatic hydroxyl groups is 2. The zero-order valence-corrected chi connectivity index (χ0v) is 20.1. The molecule has 0 radical (unpaired) electrons. The number of carbonyl (C=O) groups is 1. The lowest BCUT2D eigenvalue weighted by Gasteiger charge is -2.25. The van der Waals surface area contributed by atoms with E-state index < -0.39 is 35.0 Å². The second-order valence-corrected chi connectivity index (χ2v) is 10.3. The molecule has 5 rings (SSSR count). The molecule has 3 aromatic rings. The zero-order valence-electron chi connectivity index (χ0n) is 20.1. The molecular formula is C26H27F3N2O5. The van der Waals surface area contributed by atoms with Crippen LogP contribution in [0.2, 0.25) is 0 Å². The third kappa shape index (κ3) is 4.08. The van der Waals surface area contributed by atoms with Crippen LogP contribution in [0.1, 0.15) is 44.9 Å². The molecule has 1 aromatic heterocycles. The molecule has 1 saturated carbocycles. The fourth-order valence-corrected chi connectivity index (χ4v) is 4.74. The summed E-state index contributed by atoms with van der Waals surface area (Å²) in [6.07, 6.45) is -3.52. The number of carbonyl (C=O) groups excluding carboxylic acids is 1. The van der Waals surface area contributed by atoms with E-state index in [4.69, 9.17) is 0 Å². The van der Waals surface area contributed by atoms with Gasteiger partial charge in [0.25, 0.3) is 0 Å². The van der Waals surface area contributed by atoms with Crippen molar-refractivity contribution >= 4 is 22.5 Å². The number of aliphatic hydroxyl groups excluding tert-OH is 2. The maximum Gasteiger partial charge on any atom is 0.586 e. The molecule has 0 saturated heterocycles. The Bertz CT molecular complexity index is 1360. The van der Waals surface area contributed by atoms with Gasteiger partial charge in [-0.2, -0.15) is 0 Å². The quantitative estimate of drug-likeness (QED) is 0.443. The Balaban J connectivity index is 1.47. The maximum absolute atomic E-state index is 15.2. The summed E-state index contributed by atoms with van der Waals surface area (Å²) in [5.74, 6) is -1.37. The van der Waals surface area contributed by atoms with Gasteiger partial charge in [0.05, 0.1) is 29.3 Å². The van der Waals surface area contributed by atoms with Gasteiger partial charge in [-0.3, -0.25) is 4.79 Å². The molecule has 2 aromatic carbocycles. The monoisotopic (exact) mass is 504 g/mol. The van der Waals surface area contributed by atoms with Crippen molar-refractivity contribution in [3.05, 3.63) is 53.5 Å². The summed E-state index contributed by atoms with van der Waals surface area (Å²) in [7, 11) is 0. The van der Waals surface area contributed by atoms with E-state index >= 15 is 4.39 Å². The minimum atomic E-state index is -3.76. The highest BCUT2D eigenvalue weighted by molar-refractivity contribution is 6.02. The van der Waals surface area contributed by atoms with Crippen LogP contribution in [0.25, 0.3) is 10.9 Å². The molecule has 10 heteroatoms. The molecule has 2 heterocycles. The van der Waals surface area contributed by atoms with Crippen molar-refractivity contribution < 1.29 is 37.7 Å². The van der Waals surface area contributed by atoms with Gasteiger partial charge in [0, 0.05) is 29.1 Å². The van der Waals surface area contributed by atoms with Crippen molar-refractivity contribution in [3.63, 3.8) is 0 Å². The fourth-order valence-electron chi connectivity index (χ4n) is 4.74. The Hall–Kier alpha value is -3.24. The minimum Gasteiger partial charge on any atom is -0.395 e. The molecule has 0 spiro atoms. The van der Waals surface area contributed by atoms with Crippen molar-refractivity contribution in [2.75, 3.05) is 11.9 Å². The first kappa shape index (κ1) is 24.5. The number of ether oxygens (including phenoxy) is 2. The predicted molar refractivity (Wildman–Crippen MR) is 126 cm³/mol. The number of alkyl halides is 2. The second-order valence-electron chi connectivity index (χ2n) is 10.3. The number of hydrogen-bond acceptors (Lipinski definition) is 5. The summed E-state index contributed by atoms with van der Waals surface area (Å²) >= 11 is 0. The lowest BCUT2D eigenvalue weighted by atomic mass is 9.90. The van der Waals surface area contributed by atoms with Crippen LogP contribution in [0.3, 0.4) is 0 Å². The summed E-state index contributed by atoms with van der Waals surface area (Å²) in [5, 5.41) is 23.2. The van der Waals surface area contributed by atoms with Crippen LogP contribution in [-0.4, -0.2) is 39.7 Å². The normalized spacial score (nSPS) is 18.3. The van der Waals surface area contributed by atoms with Gasteiger partial charge in [-0.1, -0.05) is 19.9 Å². The SMILES string of the molecule is C[C@H](O)Cn1c(C(C)(C)CO)cc2cc(NC(=O)C3(c4ccc5c(c4)OC(F)(F)O5)CC3)c(F)cc21. The van der Waals surface area contributed by atoms with E-state index in [-0.39, 0.29) is 30.3 Å². The molecule has 2 aliphatic rings. The van der Waals surface area contributed by atoms with E-state index in [0.717, 1.165) is 5.69 Å². The summed E-state index contributed by atoms with van der Waals surface area (Å²) in [6.45, 7) is 5.37. The molecule has 1 aliphatic carbocycles. The van der Waals surface area contributed by atoms with Gasteiger partial charge >= 0.3 is 6.29 Å². The number of hydrogen-bond donors (Lipinski definition) is 3. The van der Waals surface area contributed by atoms with Crippen LogP contribution >= 0.6 is 0 Å². The molecule has 3 N–H and O–H groups in total. The van der Waals surface area contributed by atoms with Gasteiger partial charge in [-0.15, -0.1) is 8.78 Å². The molecule has 1 atom stereocenters. The van der Waals surface area contributed by atoms with Crippen molar-refractivity contribution in [2.45, 2.75) is 63.4 Å². The van der Waals surface area contributed by atoms with E-state index in [1.165, 1.54) is 30.3 Å². The van der Waals surface area contributed by atoms with Crippen LogP contribution in [0.15, 0.2) is 36.4 Å². The summed E-state index contributed by atoms with van der Waals surface area (Å²) in [5.41, 5.74) is 0.0766. The molecule has 7 nitrogen and oxygen atoms in total. The maximum atomic E-state index is 15.2. The molecule has 192 valence electrons. The number of fused-ring (bicyclic) bond motifs is 2. The van der Waals surface area contributed by atoms with Crippen LogP contribution in [0.5, 0.6) is 11.5 Å². The third-order valence-corrected chi connectivity index (χ3v) is 6.91. The summed E-state index contributed by atoms with van der Waals surface area (Å²) < 4.78 is 52.7. The topological polar surface area (TPSA) is 93.0 Å². The first-order chi connectivity index (χ1) is 16.8. The van der Waals surface area contributed by atoms with Gasteiger partial charge in [0.1, 0.15) is 5.82 Å². The number of benzene rings is 2. The average Bonchev–Trinajstić information content (AvgIpc) is 3.45. The minimum absolute atomic E-state index is 0.0198. The van der Waals surface area contributed by atoms with Crippen molar-refractivity contribution in [1.82, 2.24) is 4.57 Å². The second kappa shape index (κ2) is 8.14. The lowest BCUT2D eigenvalue weighted by molar-refractivity contribution is -0.286. The van der Waals surface area contributed by atoms with Crippen LogP contribution in [-0.2, 0) is 22.2 Å². The van der Waals surface area contributed by atoms with Crippen LogP contribution in [0.4, 0.5) is 18.9 Å². The van der Waals surface area contributed by atoms with E-state index in [2.05, 4.69) is 14.8 Å². The Morgan fingerprint density at radius 2 is 1.86 bits per heavy atom. The number of nitrogens with zero attached hydrogens (tertiary/aromatic N) is 1. The molecule has 1 fully saturated rings. The van der Waals surface area contributed by atoms with E-state index in [0.29, 0.717) is 29.3 Å². The van der Waals surface area contributed by atoms with E-state index in [9.17, 15) is 23.8 Å². The first-order valence-electron chi connectivity index (χ1n) is 11.7. The van der Waals surface area contributed by atoms with Crippen LogP contribution in [0, 0.1) is 5.82 Å². The summed E-state index contributed by atoms with van der Waals surface area (Å²) in [6, 6.07) is 8.87. The van der Waals surface area contributed by atoms with Gasteiger partial charge in [0.15, 0.2) is 11.5 Å². The highest BCUT2D eigenvalue weighted by Gasteiger charge is 2.53. The Labute approximate surface area is 205 Å². The third-order valence-electron chi connectivity index (χ3n) is 6.91. The van der Waals surface area contributed by atoms with E-state index in [1.54, 1.807) is 11.5 Å². The van der Waals surface area contributed by atoms with E-state index in [1.807, 2.05) is 19.9 Å². The molecule has 1 amide bonds. The fraction of sp³-hybridized carbons (Fsp3) is 0.423. The molecule has 0 bridgehead atoms. The lowest BCUT2D eigenvalue weighted by Crippen LogP contribution is -2.28. The number of aromatic nitrogens is 1. The van der Waals surface area contributed by atoms with Crippen molar-refractivity contribution in [1.29, 1.82) is 0 Å². The predicted octanol–water partition coefficient (Wildman–Crippen LogP) is 4.42. The van der Waals surface area contributed by atoms with Crippen molar-refractivity contribution in [2.24, 2.45) is 0 Å². The molecular weight excluding hydrogens is 477 g/mol. The number of rotatable bonds is 7. The average molecular weight is 505 g/mol. The smallest absolute Gasteiger partial charge is 0.395 e. The summed E-state index contributed by atoms with van der Waals surface area (Å²) in [4.78, 5) is 13.3. The highest BCUT2D eigenvalue weighted by atomic mass is 19.3. The number of anilines is 1. The highest BCUT2D eigenvalue weighted by Crippen LogP contribution is 2.52. The molecule has 1 aliphatic heterocycles. The first-order valence-corrected chi connectivity index (χ1v) is 11.7. The number of amides is 1.